The quantitative estimate of drug-likeness (QED) is 0.0823. The van der Waals surface area contributed by atoms with Crippen LogP contribution >= 0.6 is 11.3 Å². The van der Waals surface area contributed by atoms with Gasteiger partial charge in [-0.1, -0.05) is 66.7 Å². The fourth-order valence-corrected chi connectivity index (χ4v) is 5.68. The molecule has 1 amide bonds. The Hall–Kier alpha value is -6.13. The van der Waals surface area contributed by atoms with E-state index in [4.69, 9.17) is 18.9 Å². The number of ether oxygens (including phenoxy) is 4. The van der Waals surface area contributed by atoms with Gasteiger partial charge in [0.1, 0.15) is 13.2 Å². The van der Waals surface area contributed by atoms with Gasteiger partial charge in [0.2, 0.25) is 0 Å². The minimum atomic E-state index is -0.325. The Morgan fingerprint density at radius 1 is 0.760 bits per heavy atom. The number of hydrogen-bond acceptors (Lipinski definition) is 9. The number of hydrazone groups is 1. The number of carbonyl (C=O) groups excluding carboxylic acids is 1. The highest BCUT2D eigenvalue weighted by Gasteiger charge is 2.11. The smallest absolute Gasteiger partial charge is 0.271 e. The lowest BCUT2D eigenvalue weighted by Gasteiger charge is -2.15. The summed E-state index contributed by atoms with van der Waals surface area (Å²) in [5.41, 5.74) is 8.52. The van der Waals surface area contributed by atoms with E-state index < -0.39 is 0 Å². The Kier molecular flexibility index (Phi) is 11.3. The number of benzene rings is 5. The Labute approximate surface area is 295 Å². The second-order valence-corrected chi connectivity index (χ2v) is 11.9. The van der Waals surface area contributed by atoms with Crippen LogP contribution in [-0.4, -0.2) is 30.8 Å². The number of anilines is 2. The number of nitrogens with one attached hydrogen (secondary N) is 2. The third-order valence-electron chi connectivity index (χ3n) is 7.48. The number of amides is 1. The Morgan fingerprint density at radius 3 is 2.20 bits per heavy atom. The third kappa shape index (κ3) is 9.06. The highest BCUT2D eigenvalue weighted by Crippen LogP contribution is 2.32. The molecule has 2 N–H and O–H groups in total. The molecule has 0 unspecified atom stereocenters. The lowest BCUT2D eigenvalue weighted by atomic mass is 10.1. The molecule has 9 nitrogen and oxygen atoms in total. The molecule has 0 bridgehead atoms. The zero-order chi connectivity index (χ0) is 34.5. The van der Waals surface area contributed by atoms with Crippen LogP contribution in [0.4, 0.5) is 10.8 Å². The van der Waals surface area contributed by atoms with Gasteiger partial charge < -0.3 is 24.3 Å². The molecule has 0 saturated heterocycles. The van der Waals surface area contributed by atoms with Crippen molar-refractivity contribution in [2.45, 2.75) is 20.1 Å². The van der Waals surface area contributed by atoms with Gasteiger partial charge in [-0.05, 0) is 78.2 Å². The number of aromatic nitrogens is 1. The molecule has 6 aromatic rings. The molecule has 0 radical (unpaired) electrons. The van der Waals surface area contributed by atoms with Crippen LogP contribution in [0.15, 0.2) is 132 Å². The topological polar surface area (TPSA) is 103 Å². The predicted octanol–water partition coefficient (Wildman–Crippen LogP) is 8.88. The van der Waals surface area contributed by atoms with Crippen LogP contribution in [0.3, 0.4) is 0 Å². The molecule has 50 heavy (non-hydrogen) atoms. The van der Waals surface area contributed by atoms with Crippen LogP contribution in [0.2, 0.25) is 0 Å². The summed E-state index contributed by atoms with van der Waals surface area (Å²) in [6.07, 6.45) is 1.56. The van der Waals surface area contributed by atoms with E-state index in [2.05, 4.69) is 20.8 Å². The number of rotatable bonds is 15. The summed E-state index contributed by atoms with van der Waals surface area (Å²) in [5, 5.41) is 10.2. The van der Waals surface area contributed by atoms with Gasteiger partial charge in [0, 0.05) is 22.2 Å². The Balaban J connectivity index is 1.03. The number of hydrogen-bond donors (Lipinski definition) is 2. The summed E-state index contributed by atoms with van der Waals surface area (Å²) < 4.78 is 23.5. The summed E-state index contributed by atoms with van der Waals surface area (Å²) in [4.78, 5) is 17.5. The maximum atomic E-state index is 12.8. The summed E-state index contributed by atoms with van der Waals surface area (Å²) in [7, 11) is 1.62. The normalized spacial score (nSPS) is 10.8. The highest BCUT2D eigenvalue weighted by atomic mass is 32.1. The fraction of sp³-hybridized carbons (Fsp3) is 0.125. The molecular weight excluding hydrogens is 649 g/mol. The molecule has 0 aliphatic rings. The summed E-state index contributed by atoms with van der Waals surface area (Å²) >= 11 is 1.52. The molecule has 252 valence electrons. The van der Waals surface area contributed by atoms with Crippen molar-refractivity contribution in [3.05, 3.63) is 149 Å². The molecule has 10 heteroatoms. The molecule has 0 spiro atoms. The van der Waals surface area contributed by atoms with Crippen molar-refractivity contribution >= 4 is 34.3 Å². The molecule has 1 heterocycles. The van der Waals surface area contributed by atoms with Crippen molar-refractivity contribution in [2.75, 3.05) is 19.0 Å². The first-order valence-corrected chi connectivity index (χ1v) is 16.9. The van der Waals surface area contributed by atoms with Gasteiger partial charge in [-0.3, -0.25) is 4.79 Å². The van der Waals surface area contributed by atoms with E-state index in [1.807, 2.05) is 121 Å². The van der Waals surface area contributed by atoms with Gasteiger partial charge in [-0.15, -0.1) is 11.3 Å². The molecule has 0 aliphatic carbocycles. The van der Waals surface area contributed by atoms with E-state index in [1.54, 1.807) is 25.5 Å². The van der Waals surface area contributed by atoms with Crippen molar-refractivity contribution in [3.63, 3.8) is 0 Å². The molecule has 0 atom stereocenters. The summed E-state index contributed by atoms with van der Waals surface area (Å²) in [6, 6.07) is 38.3. The summed E-state index contributed by atoms with van der Waals surface area (Å²) in [5.74, 6) is 2.11. The van der Waals surface area contributed by atoms with Crippen molar-refractivity contribution < 1.29 is 23.7 Å². The van der Waals surface area contributed by atoms with Crippen LogP contribution < -0.4 is 29.7 Å². The minimum Gasteiger partial charge on any atom is -0.493 e. The standard InChI is InChI=1S/C40H36N4O5S/c1-3-47-38-22-29(14-20-36(38)49-26-30-15-21-35(37(23-30)46-2)48-25-28-10-6-4-7-11-28)24-41-44-39(45)32-18-16-31(17-19-32)34-27-50-40(43-34)42-33-12-8-5-9-13-33/h4-24,27H,3,25-26H2,1-2H3,(H,42,43)(H,44,45)/b41-24+. The van der Waals surface area contributed by atoms with Crippen LogP contribution in [0.5, 0.6) is 23.0 Å². The number of carbonyl (C=O) groups is 1. The molecule has 6 rings (SSSR count). The molecule has 0 aliphatic heterocycles. The fourth-order valence-electron chi connectivity index (χ4n) is 4.94. The Bertz CT molecular complexity index is 2030. The van der Waals surface area contributed by atoms with E-state index in [-0.39, 0.29) is 5.91 Å². The van der Waals surface area contributed by atoms with Gasteiger partial charge in [0.25, 0.3) is 5.91 Å². The first-order chi connectivity index (χ1) is 24.6. The SMILES string of the molecule is CCOc1cc(/C=N/NC(=O)c2ccc(-c3csc(Nc4ccccc4)n3)cc2)ccc1OCc1ccc(OCc2ccccc2)c(OC)c1. The van der Waals surface area contributed by atoms with Gasteiger partial charge in [0.05, 0.1) is 25.6 Å². The van der Waals surface area contributed by atoms with Gasteiger partial charge in [-0.25, -0.2) is 10.4 Å². The van der Waals surface area contributed by atoms with Gasteiger partial charge in [-0.2, -0.15) is 5.10 Å². The first kappa shape index (κ1) is 33.8. The maximum absolute atomic E-state index is 12.8. The van der Waals surface area contributed by atoms with E-state index in [9.17, 15) is 4.79 Å². The van der Waals surface area contributed by atoms with Crippen LogP contribution in [0, 0.1) is 0 Å². The van der Waals surface area contributed by atoms with Crippen molar-refractivity contribution in [2.24, 2.45) is 5.10 Å². The Morgan fingerprint density at radius 2 is 1.46 bits per heavy atom. The maximum Gasteiger partial charge on any atom is 0.271 e. The number of methoxy groups -OCH3 is 1. The van der Waals surface area contributed by atoms with E-state index >= 15 is 0 Å². The van der Waals surface area contributed by atoms with Crippen LogP contribution in [-0.2, 0) is 13.2 Å². The van der Waals surface area contributed by atoms with E-state index in [0.717, 1.165) is 38.8 Å². The van der Waals surface area contributed by atoms with Gasteiger partial charge in [0.15, 0.2) is 28.1 Å². The van der Waals surface area contributed by atoms with E-state index in [1.165, 1.54) is 11.3 Å². The molecule has 5 aromatic carbocycles. The largest absolute Gasteiger partial charge is 0.493 e. The average molecular weight is 685 g/mol. The van der Waals surface area contributed by atoms with Gasteiger partial charge >= 0.3 is 0 Å². The molecule has 1 aromatic heterocycles. The molecular formula is C40H36N4O5S. The van der Waals surface area contributed by atoms with Crippen LogP contribution in [0.1, 0.15) is 34.0 Å². The predicted molar refractivity (Wildman–Crippen MR) is 198 cm³/mol. The monoisotopic (exact) mass is 684 g/mol. The number of para-hydroxylation sites is 1. The zero-order valence-corrected chi connectivity index (χ0v) is 28.5. The summed E-state index contributed by atoms with van der Waals surface area (Å²) in [6.45, 7) is 3.10. The molecule has 0 fully saturated rings. The number of thiazole rings is 1. The van der Waals surface area contributed by atoms with E-state index in [0.29, 0.717) is 48.4 Å². The first-order valence-electron chi connectivity index (χ1n) is 16.0. The second-order valence-electron chi connectivity index (χ2n) is 11.0. The van der Waals surface area contributed by atoms with Crippen molar-refractivity contribution in [1.29, 1.82) is 0 Å². The zero-order valence-electron chi connectivity index (χ0n) is 27.7. The van der Waals surface area contributed by atoms with Crippen LogP contribution in [0.25, 0.3) is 11.3 Å². The van der Waals surface area contributed by atoms with Crippen molar-refractivity contribution in [3.8, 4) is 34.3 Å². The second kappa shape index (κ2) is 16.8. The number of nitrogens with zero attached hydrogens (tertiary/aromatic N) is 2. The molecule has 0 saturated carbocycles. The lowest BCUT2D eigenvalue weighted by Crippen LogP contribution is -2.17. The lowest BCUT2D eigenvalue weighted by molar-refractivity contribution is 0.0955. The highest BCUT2D eigenvalue weighted by molar-refractivity contribution is 7.14. The average Bonchev–Trinajstić information content (AvgIpc) is 3.63. The minimum absolute atomic E-state index is 0.298. The third-order valence-corrected chi connectivity index (χ3v) is 8.24. The van der Waals surface area contributed by atoms with Crippen molar-refractivity contribution in [1.82, 2.24) is 10.4 Å².